The van der Waals surface area contributed by atoms with Crippen molar-refractivity contribution in [2.75, 3.05) is 19.6 Å². The summed E-state index contributed by atoms with van der Waals surface area (Å²) in [6, 6.07) is 0.0176. The van der Waals surface area contributed by atoms with E-state index in [1.54, 1.807) is 4.90 Å². The van der Waals surface area contributed by atoms with E-state index >= 15 is 0 Å². The molecule has 5 heteroatoms. The first-order chi connectivity index (χ1) is 9.27. The van der Waals surface area contributed by atoms with Crippen LogP contribution in [0.3, 0.4) is 0 Å². The molecule has 4 N–H and O–H groups in total. The predicted octanol–water partition coefficient (Wildman–Crippen LogP) is 1.87. The molecular formula is C15H29N3O2. The lowest BCUT2D eigenvalue weighted by Gasteiger charge is -2.50. The van der Waals surface area contributed by atoms with Gasteiger partial charge in [0.1, 0.15) is 0 Å². The monoisotopic (exact) mass is 283 g/mol. The van der Waals surface area contributed by atoms with Crippen molar-refractivity contribution in [2.24, 2.45) is 17.1 Å². The molecule has 1 saturated heterocycles. The Bertz CT molecular complexity index is 363. The van der Waals surface area contributed by atoms with Crippen molar-refractivity contribution in [3.63, 3.8) is 0 Å². The quantitative estimate of drug-likeness (QED) is 0.736. The van der Waals surface area contributed by atoms with Gasteiger partial charge < -0.3 is 21.1 Å². The predicted molar refractivity (Wildman–Crippen MR) is 79.7 cm³/mol. The highest BCUT2D eigenvalue weighted by molar-refractivity contribution is 5.65. The van der Waals surface area contributed by atoms with E-state index in [4.69, 9.17) is 5.73 Å². The van der Waals surface area contributed by atoms with Crippen molar-refractivity contribution in [1.82, 2.24) is 10.2 Å². The fourth-order valence-electron chi connectivity index (χ4n) is 3.18. The molecule has 1 aliphatic carbocycles. The third-order valence-electron chi connectivity index (χ3n) is 4.89. The van der Waals surface area contributed by atoms with Crippen LogP contribution in [-0.2, 0) is 0 Å². The lowest BCUT2D eigenvalue weighted by molar-refractivity contribution is 0.0236. The largest absolute Gasteiger partial charge is 0.465 e. The second kappa shape index (κ2) is 5.53. The molecule has 0 bridgehead atoms. The van der Waals surface area contributed by atoms with Crippen LogP contribution >= 0.6 is 0 Å². The summed E-state index contributed by atoms with van der Waals surface area (Å²) in [7, 11) is 0. The molecule has 1 heterocycles. The molecule has 5 nitrogen and oxygen atoms in total. The molecule has 2 rings (SSSR count). The molecule has 2 fully saturated rings. The van der Waals surface area contributed by atoms with Crippen LogP contribution in [0.4, 0.5) is 4.79 Å². The van der Waals surface area contributed by atoms with Gasteiger partial charge in [0.05, 0.1) is 0 Å². The van der Waals surface area contributed by atoms with E-state index in [1.807, 2.05) is 0 Å². The molecule has 2 aliphatic rings. The first-order valence-electron chi connectivity index (χ1n) is 7.72. The van der Waals surface area contributed by atoms with E-state index < -0.39 is 6.09 Å². The molecule has 116 valence electrons. The normalized spacial score (nSPS) is 31.4. The van der Waals surface area contributed by atoms with Crippen LogP contribution in [0.5, 0.6) is 0 Å². The number of rotatable bonds is 4. The van der Waals surface area contributed by atoms with Crippen molar-refractivity contribution < 1.29 is 9.90 Å². The molecule has 1 amide bonds. The van der Waals surface area contributed by atoms with Crippen LogP contribution in [0.1, 0.15) is 46.5 Å². The Morgan fingerprint density at radius 1 is 1.45 bits per heavy atom. The summed E-state index contributed by atoms with van der Waals surface area (Å²) < 4.78 is 0. The zero-order chi connectivity index (χ0) is 15.0. The minimum atomic E-state index is -0.808. The molecular weight excluding hydrogens is 254 g/mol. The Balaban J connectivity index is 2.10. The summed E-state index contributed by atoms with van der Waals surface area (Å²) in [6.45, 7) is 8.52. The summed E-state index contributed by atoms with van der Waals surface area (Å²) in [5, 5.41) is 13.1. The molecule has 0 aromatic carbocycles. The topological polar surface area (TPSA) is 78.6 Å². The minimum Gasteiger partial charge on any atom is -0.465 e. The second-order valence-corrected chi connectivity index (χ2v) is 7.62. The molecule has 2 atom stereocenters. The molecule has 0 aromatic rings. The third-order valence-corrected chi connectivity index (χ3v) is 4.89. The standard InChI is InChI=1S/C15H29N3O2/c1-14(2,3)12-8-15(10-16,17-9-11-4-5-11)6-7-18(12)13(19)20/h11-12,17H,4-10,16H2,1-3H3,(H,19,20). The SMILES string of the molecule is CC(C)(C)C1CC(CN)(NCC2CC2)CCN1C(=O)O. The van der Waals surface area contributed by atoms with E-state index in [1.165, 1.54) is 12.8 Å². The Hall–Kier alpha value is -0.810. The highest BCUT2D eigenvalue weighted by atomic mass is 16.4. The highest BCUT2D eigenvalue weighted by Gasteiger charge is 2.45. The molecule has 0 radical (unpaired) electrons. The Kier molecular flexibility index (Phi) is 4.30. The number of hydrogen-bond donors (Lipinski definition) is 3. The summed E-state index contributed by atoms with van der Waals surface area (Å²) in [4.78, 5) is 13.1. The third kappa shape index (κ3) is 3.44. The van der Waals surface area contributed by atoms with E-state index in [0.29, 0.717) is 13.1 Å². The van der Waals surface area contributed by atoms with Gasteiger partial charge in [-0.25, -0.2) is 4.79 Å². The van der Waals surface area contributed by atoms with Crippen molar-refractivity contribution in [1.29, 1.82) is 0 Å². The van der Waals surface area contributed by atoms with E-state index in [-0.39, 0.29) is 17.0 Å². The fourth-order valence-corrected chi connectivity index (χ4v) is 3.18. The van der Waals surface area contributed by atoms with Crippen molar-refractivity contribution >= 4 is 6.09 Å². The lowest BCUT2D eigenvalue weighted by Crippen LogP contribution is -2.64. The Labute approximate surface area is 121 Å². The average molecular weight is 283 g/mol. The van der Waals surface area contributed by atoms with Crippen LogP contribution < -0.4 is 11.1 Å². The van der Waals surface area contributed by atoms with Gasteiger partial charge in [0.25, 0.3) is 0 Å². The number of carboxylic acid groups (broad SMARTS) is 1. The number of nitrogens with two attached hydrogens (primary N) is 1. The zero-order valence-corrected chi connectivity index (χ0v) is 13.0. The fraction of sp³-hybridized carbons (Fsp3) is 0.933. The van der Waals surface area contributed by atoms with Crippen LogP contribution in [-0.4, -0.2) is 47.3 Å². The number of nitrogens with zero attached hydrogens (tertiary/aromatic N) is 1. The minimum absolute atomic E-state index is 0.0176. The summed E-state index contributed by atoms with van der Waals surface area (Å²) in [6.07, 6.45) is 3.45. The summed E-state index contributed by atoms with van der Waals surface area (Å²) in [5.41, 5.74) is 5.88. The zero-order valence-electron chi connectivity index (χ0n) is 13.0. The number of nitrogens with one attached hydrogen (secondary N) is 1. The highest BCUT2D eigenvalue weighted by Crippen LogP contribution is 2.37. The number of hydrogen-bond acceptors (Lipinski definition) is 3. The molecule has 0 aromatic heterocycles. The van der Waals surface area contributed by atoms with Crippen LogP contribution in [0, 0.1) is 11.3 Å². The van der Waals surface area contributed by atoms with Gasteiger partial charge in [0, 0.05) is 24.7 Å². The average Bonchev–Trinajstić information content (AvgIpc) is 3.19. The van der Waals surface area contributed by atoms with Crippen molar-refractivity contribution in [3.05, 3.63) is 0 Å². The van der Waals surface area contributed by atoms with Gasteiger partial charge in [-0.3, -0.25) is 0 Å². The van der Waals surface area contributed by atoms with Gasteiger partial charge in [0.15, 0.2) is 0 Å². The van der Waals surface area contributed by atoms with Crippen LogP contribution in [0.25, 0.3) is 0 Å². The smallest absolute Gasteiger partial charge is 0.407 e. The van der Waals surface area contributed by atoms with Gasteiger partial charge in [-0.05, 0) is 43.6 Å². The van der Waals surface area contributed by atoms with Gasteiger partial charge in [-0.15, -0.1) is 0 Å². The van der Waals surface area contributed by atoms with E-state index in [0.717, 1.165) is 25.3 Å². The molecule has 1 aliphatic heterocycles. The number of carbonyl (C=O) groups is 1. The first kappa shape index (κ1) is 15.6. The molecule has 1 saturated carbocycles. The van der Waals surface area contributed by atoms with Gasteiger partial charge in [0.2, 0.25) is 0 Å². The summed E-state index contributed by atoms with van der Waals surface area (Å²) >= 11 is 0. The Morgan fingerprint density at radius 3 is 2.55 bits per heavy atom. The maximum Gasteiger partial charge on any atom is 0.407 e. The van der Waals surface area contributed by atoms with E-state index in [9.17, 15) is 9.90 Å². The van der Waals surface area contributed by atoms with Crippen molar-refractivity contribution in [3.8, 4) is 0 Å². The molecule has 2 unspecified atom stereocenters. The van der Waals surface area contributed by atoms with E-state index in [2.05, 4.69) is 26.1 Å². The van der Waals surface area contributed by atoms with Gasteiger partial charge in [-0.2, -0.15) is 0 Å². The molecule has 20 heavy (non-hydrogen) atoms. The first-order valence-corrected chi connectivity index (χ1v) is 7.72. The Morgan fingerprint density at radius 2 is 2.10 bits per heavy atom. The van der Waals surface area contributed by atoms with Crippen molar-refractivity contribution in [2.45, 2.75) is 58.0 Å². The number of piperidine rings is 1. The maximum absolute atomic E-state index is 11.5. The van der Waals surface area contributed by atoms with Gasteiger partial charge in [-0.1, -0.05) is 20.8 Å². The van der Waals surface area contributed by atoms with Crippen LogP contribution in [0.2, 0.25) is 0 Å². The number of amides is 1. The summed E-state index contributed by atoms with van der Waals surface area (Å²) in [5.74, 6) is 0.809. The maximum atomic E-state index is 11.5. The number of likely N-dealkylation sites (tertiary alicyclic amines) is 1. The lowest BCUT2D eigenvalue weighted by atomic mass is 9.73. The van der Waals surface area contributed by atoms with Crippen LogP contribution in [0.15, 0.2) is 0 Å². The second-order valence-electron chi connectivity index (χ2n) is 7.62. The molecule has 0 spiro atoms. The van der Waals surface area contributed by atoms with Gasteiger partial charge >= 0.3 is 6.09 Å².